The van der Waals surface area contributed by atoms with Crippen molar-refractivity contribution in [3.63, 3.8) is 0 Å². The number of aryl methyl sites for hydroxylation is 2. The van der Waals surface area contributed by atoms with Crippen molar-refractivity contribution in [2.45, 2.75) is 38.1 Å². The van der Waals surface area contributed by atoms with E-state index in [-0.39, 0.29) is 11.9 Å². The predicted molar refractivity (Wildman–Crippen MR) is 124 cm³/mol. The van der Waals surface area contributed by atoms with Crippen LogP contribution in [0.2, 0.25) is 0 Å². The molecule has 3 heterocycles. The highest BCUT2D eigenvalue weighted by Crippen LogP contribution is 2.39. The Balaban J connectivity index is 1.47. The lowest BCUT2D eigenvalue weighted by Crippen LogP contribution is -2.32. The molecule has 0 amide bonds. The molecule has 1 aliphatic rings. The Labute approximate surface area is 184 Å². The normalized spacial score (nSPS) is 14.4. The average Bonchev–Trinajstić information content (AvgIpc) is 3.18. The minimum Gasteiger partial charge on any atom is -0.368 e. The summed E-state index contributed by atoms with van der Waals surface area (Å²) in [5.41, 5.74) is 9.29. The lowest BCUT2D eigenvalue weighted by Gasteiger charge is -2.16. The number of nitrogens with one attached hydrogen (secondary N) is 1. The van der Waals surface area contributed by atoms with Gasteiger partial charge in [0.1, 0.15) is 16.5 Å². The van der Waals surface area contributed by atoms with E-state index in [9.17, 15) is 4.39 Å². The molecular weight excluding hydrogens is 409 g/mol. The highest BCUT2D eigenvalue weighted by atomic mass is 32.1. The third-order valence-electron chi connectivity index (χ3n) is 5.72. The zero-order valence-electron chi connectivity index (χ0n) is 17.1. The van der Waals surface area contributed by atoms with Crippen LogP contribution in [0, 0.1) is 5.82 Å². The summed E-state index contributed by atoms with van der Waals surface area (Å²) in [5.74, 6) is 1.29. The number of aromatic nitrogens is 3. The zero-order valence-corrected chi connectivity index (χ0v) is 18.0. The standard InChI is InChI=1S/C24H24FN5S/c25-19-7-3-1-5-16(19)13-17(26)14-28-23-21-18-6-2-4-8-20(18)31-24(21)30-22(29-23)15-9-11-27-12-10-15/h1,3,5,7,9-12,17H,2,4,6,8,13-14,26H2,(H,28,29,30)/t17-/m0/s1. The quantitative estimate of drug-likeness (QED) is 0.459. The van der Waals surface area contributed by atoms with Gasteiger partial charge in [0.05, 0.1) is 5.39 Å². The van der Waals surface area contributed by atoms with Gasteiger partial charge in [-0.2, -0.15) is 0 Å². The maximum absolute atomic E-state index is 14.0. The third kappa shape index (κ3) is 4.16. The number of pyridine rings is 1. The van der Waals surface area contributed by atoms with Crippen molar-refractivity contribution < 1.29 is 4.39 Å². The molecule has 0 saturated heterocycles. The summed E-state index contributed by atoms with van der Waals surface area (Å²) >= 11 is 1.77. The summed E-state index contributed by atoms with van der Waals surface area (Å²) < 4.78 is 14.0. The van der Waals surface area contributed by atoms with Gasteiger partial charge >= 0.3 is 0 Å². The number of hydrogen-bond acceptors (Lipinski definition) is 6. The minimum atomic E-state index is -0.235. The number of benzene rings is 1. The number of thiophene rings is 1. The first-order chi connectivity index (χ1) is 15.2. The number of halogens is 1. The fourth-order valence-corrected chi connectivity index (χ4v) is 5.42. The molecule has 1 aromatic carbocycles. The van der Waals surface area contributed by atoms with Crippen LogP contribution in [-0.2, 0) is 19.3 Å². The molecule has 0 spiro atoms. The molecule has 1 atom stereocenters. The molecule has 158 valence electrons. The van der Waals surface area contributed by atoms with Gasteiger partial charge in [-0.25, -0.2) is 14.4 Å². The number of fused-ring (bicyclic) bond motifs is 3. The lowest BCUT2D eigenvalue weighted by molar-refractivity contribution is 0.591. The van der Waals surface area contributed by atoms with Crippen LogP contribution in [0.3, 0.4) is 0 Å². The molecule has 5 nitrogen and oxygen atoms in total. The van der Waals surface area contributed by atoms with Gasteiger partial charge in [0, 0.05) is 35.4 Å². The van der Waals surface area contributed by atoms with Crippen LogP contribution < -0.4 is 11.1 Å². The molecule has 4 aromatic rings. The number of hydrogen-bond donors (Lipinski definition) is 2. The molecule has 0 aliphatic heterocycles. The average molecular weight is 434 g/mol. The van der Waals surface area contributed by atoms with Gasteiger partial charge in [0.25, 0.3) is 0 Å². The van der Waals surface area contributed by atoms with Crippen molar-refractivity contribution in [1.82, 2.24) is 15.0 Å². The summed E-state index contributed by atoms with van der Waals surface area (Å²) in [7, 11) is 0. The topological polar surface area (TPSA) is 76.7 Å². The molecule has 1 aliphatic carbocycles. The van der Waals surface area contributed by atoms with E-state index in [1.165, 1.54) is 29.3 Å². The van der Waals surface area contributed by atoms with Crippen LogP contribution in [0.1, 0.15) is 28.8 Å². The van der Waals surface area contributed by atoms with Gasteiger partial charge in [-0.05, 0) is 61.4 Å². The summed E-state index contributed by atoms with van der Waals surface area (Å²) in [6, 6.07) is 10.4. The number of anilines is 1. The highest BCUT2D eigenvalue weighted by Gasteiger charge is 2.22. The van der Waals surface area contributed by atoms with Crippen LogP contribution in [0.25, 0.3) is 21.6 Å². The maximum Gasteiger partial charge on any atom is 0.163 e. The Kier molecular flexibility index (Phi) is 5.61. The predicted octanol–water partition coefficient (Wildman–Crippen LogP) is 4.75. The second kappa shape index (κ2) is 8.69. The second-order valence-corrected chi connectivity index (χ2v) is 9.04. The maximum atomic E-state index is 14.0. The van der Waals surface area contributed by atoms with Crippen molar-refractivity contribution in [2.24, 2.45) is 5.73 Å². The molecule has 3 aromatic heterocycles. The van der Waals surface area contributed by atoms with Crippen LogP contribution in [-0.4, -0.2) is 27.5 Å². The minimum absolute atomic E-state index is 0.214. The first-order valence-corrected chi connectivity index (χ1v) is 11.5. The molecular formula is C24H24FN5S. The first-order valence-electron chi connectivity index (χ1n) is 10.6. The van der Waals surface area contributed by atoms with Crippen LogP contribution in [0.15, 0.2) is 48.8 Å². The van der Waals surface area contributed by atoms with Gasteiger partial charge in [-0.3, -0.25) is 4.98 Å². The fourth-order valence-electron chi connectivity index (χ4n) is 4.16. The molecule has 3 N–H and O–H groups in total. The van der Waals surface area contributed by atoms with E-state index in [0.717, 1.165) is 34.4 Å². The van der Waals surface area contributed by atoms with Gasteiger partial charge < -0.3 is 11.1 Å². The third-order valence-corrected chi connectivity index (χ3v) is 6.91. The van der Waals surface area contributed by atoms with Crippen molar-refractivity contribution in [3.05, 3.63) is 70.6 Å². The van der Waals surface area contributed by atoms with Crippen molar-refractivity contribution >= 4 is 27.4 Å². The number of rotatable bonds is 6. The molecule has 0 unspecified atom stereocenters. The van der Waals surface area contributed by atoms with Crippen LogP contribution in [0.4, 0.5) is 10.2 Å². The Hall–Kier alpha value is -2.90. The summed E-state index contributed by atoms with van der Waals surface area (Å²) in [5, 5.41) is 4.59. The molecule has 0 radical (unpaired) electrons. The van der Waals surface area contributed by atoms with Crippen LogP contribution >= 0.6 is 11.3 Å². The molecule has 0 fully saturated rings. The molecule has 31 heavy (non-hydrogen) atoms. The lowest BCUT2D eigenvalue weighted by atomic mass is 9.97. The fraction of sp³-hybridized carbons (Fsp3) is 0.292. The van der Waals surface area contributed by atoms with Crippen LogP contribution in [0.5, 0.6) is 0 Å². The summed E-state index contributed by atoms with van der Waals surface area (Å²) in [6.45, 7) is 0.501. The van der Waals surface area contributed by atoms with E-state index in [4.69, 9.17) is 15.7 Å². The second-order valence-electron chi connectivity index (χ2n) is 7.96. The van der Waals surface area contributed by atoms with Gasteiger partial charge in [0.15, 0.2) is 5.82 Å². The van der Waals surface area contributed by atoms with E-state index >= 15 is 0 Å². The molecule has 5 rings (SSSR count). The van der Waals surface area contributed by atoms with Gasteiger partial charge in [0.2, 0.25) is 0 Å². The van der Waals surface area contributed by atoms with E-state index in [1.807, 2.05) is 18.2 Å². The van der Waals surface area contributed by atoms with Crippen molar-refractivity contribution in [3.8, 4) is 11.4 Å². The Morgan fingerprint density at radius 3 is 2.71 bits per heavy atom. The zero-order chi connectivity index (χ0) is 21.2. The highest BCUT2D eigenvalue weighted by molar-refractivity contribution is 7.19. The number of nitrogens with zero attached hydrogens (tertiary/aromatic N) is 3. The smallest absolute Gasteiger partial charge is 0.163 e. The SMILES string of the molecule is N[C@H](CNc1nc(-c2ccncc2)nc2sc3c(c12)CCCC3)Cc1ccccc1F. The Morgan fingerprint density at radius 1 is 1.06 bits per heavy atom. The summed E-state index contributed by atoms with van der Waals surface area (Å²) in [4.78, 5) is 16.3. The van der Waals surface area contributed by atoms with Crippen molar-refractivity contribution in [1.29, 1.82) is 0 Å². The molecule has 0 bridgehead atoms. The molecule has 7 heteroatoms. The first kappa shape index (κ1) is 20.0. The van der Waals surface area contributed by atoms with Crippen molar-refractivity contribution in [2.75, 3.05) is 11.9 Å². The van der Waals surface area contributed by atoms with E-state index < -0.39 is 0 Å². The van der Waals surface area contributed by atoms with Gasteiger partial charge in [-0.15, -0.1) is 11.3 Å². The van der Waals surface area contributed by atoms with Gasteiger partial charge in [-0.1, -0.05) is 18.2 Å². The Bertz CT molecular complexity index is 1210. The molecule has 0 saturated carbocycles. The summed E-state index contributed by atoms with van der Waals surface area (Å²) in [6.07, 6.45) is 8.54. The van der Waals surface area contributed by atoms with E-state index in [2.05, 4.69) is 10.3 Å². The number of nitrogens with two attached hydrogens (primary N) is 1. The van der Waals surface area contributed by atoms with E-state index in [1.54, 1.807) is 35.9 Å². The Morgan fingerprint density at radius 2 is 1.87 bits per heavy atom. The monoisotopic (exact) mass is 433 g/mol. The largest absolute Gasteiger partial charge is 0.368 e. The van der Waals surface area contributed by atoms with E-state index in [0.29, 0.717) is 24.4 Å².